The maximum absolute atomic E-state index is 10.2. The molecule has 118 valence electrons. The smallest absolute Gasteiger partial charge is 0.231 e. The Morgan fingerprint density at radius 2 is 1.79 bits per heavy atom. The maximum Gasteiger partial charge on any atom is 0.231 e. The van der Waals surface area contributed by atoms with Crippen LogP contribution in [0.3, 0.4) is 0 Å². The minimum absolute atomic E-state index is 0.0445. The van der Waals surface area contributed by atoms with Crippen molar-refractivity contribution in [1.29, 1.82) is 0 Å². The van der Waals surface area contributed by atoms with Gasteiger partial charge in [0, 0.05) is 30.1 Å². The monoisotopic (exact) mass is 333 g/mol. The fourth-order valence-corrected chi connectivity index (χ4v) is 3.50. The molecule has 4 nitrogen and oxygen atoms in total. The molecule has 1 aliphatic heterocycles. The zero-order chi connectivity index (χ0) is 16.5. The molecule has 24 heavy (non-hydrogen) atoms. The SMILES string of the molecule is CN(c1ccccc1)c1nc(O)c(C=C2C=Nc3ccccc32)s1. The molecule has 1 N–H and O–H groups in total. The molecule has 4 rings (SSSR count). The zero-order valence-corrected chi connectivity index (χ0v) is 13.9. The highest BCUT2D eigenvalue weighted by Gasteiger charge is 2.16. The Morgan fingerprint density at radius 1 is 1.04 bits per heavy atom. The van der Waals surface area contributed by atoms with E-state index in [-0.39, 0.29) is 5.88 Å². The average molecular weight is 333 g/mol. The summed E-state index contributed by atoms with van der Waals surface area (Å²) in [6.45, 7) is 0. The Labute approximate surface area is 144 Å². The lowest BCUT2D eigenvalue weighted by Crippen LogP contribution is -2.08. The number of aliphatic imine (C=N–C) groups is 1. The summed E-state index contributed by atoms with van der Waals surface area (Å²) in [5, 5.41) is 11.0. The van der Waals surface area contributed by atoms with Crippen molar-refractivity contribution < 1.29 is 5.11 Å². The van der Waals surface area contributed by atoms with Gasteiger partial charge in [-0.05, 0) is 24.3 Å². The molecule has 1 aliphatic rings. The van der Waals surface area contributed by atoms with Gasteiger partial charge in [0.2, 0.25) is 5.88 Å². The fraction of sp³-hybridized carbons (Fsp3) is 0.0526. The summed E-state index contributed by atoms with van der Waals surface area (Å²) >= 11 is 1.45. The third kappa shape index (κ3) is 2.59. The van der Waals surface area contributed by atoms with E-state index in [2.05, 4.69) is 9.98 Å². The molecule has 0 aliphatic carbocycles. The lowest BCUT2D eigenvalue weighted by atomic mass is 10.1. The van der Waals surface area contributed by atoms with E-state index in [1.165, 1.54) is 11.3 Å². The van der Waals surface area contributed by atoms with Crippen LogP contribution in [0.1, 0.15) is 10.4 Å². The van der Waals surface area contributed by atoms with Crippen LogP contribution in [0.2, 0.25) is 0 Å². The molecule has 0 saturated heterocycles. The Kier molecular flexibility index (Phi) is 3.63. The third-order valence-corrected chi connectivity index (χ3v) is 4.97. The van der Waals surface area contributed by atoms with Gasteiger partial charge in [-0.15, -0.1) is 0 Å². The summed E-state index contributed by atoms with van der Waals surface area (Å²) < 4.78 is 0. The first-order valence-corrected chi connectivity index (χ1v) is 8.38. The van der Waals surface area contributed by atoms with E-state index in [0.717, 1.165) is 32.5 Å². The van der Waals surface area contributed by atoms with Gasteiger partial charge in [0.05, 0.1) is 10.6 Å². The second kappa shape index (κ2) is 5.94. The minimum Gasteiger partial charge on any atom is -0.492 e. The van der Waals surface area contributed by atoms with Crippen LogP contribution < -0.4 is 4.90 Å². The molecule has 2 aromatic carbocycles. The largest absolute Gasteiger partial charge is 0.492 e. The highest BCUT2D eigenvalue weighted by molar-refractivity contribution is 7.16. The number of anilines is 2. The van der Waals surface area contributed by atoms with Crippen molar-refractivity contribution in [3.63, 3.8) is 0 Å². The number of benzene rings is 2. The van der Waals surface area contributed by atoms with Crippen LogP contribution >= 0.6 is 11.3 Å². The van der Waals surface area contributed by atoms with Crippen LogP contribution in [-0.2, 0) is 0 Å². The predicted molar refractivity (Wildman–Crippen MR) is 101 cm³/mol. The first kappa shape index (κ1) is 14.7. The fourth-order valence-electron chi connectivity index (χ4n) is 2.61. The molecule has 0 spiro atoms. The summed E-state index contributed by atoms with van der Waals surface area (Å²) in [4.78, 5) is 11.4. The molecular formula is C19H15N3OS. The van der Waals surface area contributed by atoms with Crippen molar-refractivity contribution in [2.24, 2.45) is 4.99 Å². The molecule has 0 fully saturated rings. The van der Waals surface area contributed by atoms with Crippen molar-refractivity contribution in [2.45, 2.75) is 0 Å². The second-order valence-electron chi connectivity index (χ2n) is 5.45. The molecule has 0 saturated carbocycles. The summed E-state index contributed by atoms with van der Waals surface area (Å²) in [6, 6.07) is 17.9. The number of fused-ring (bicyclic) bond motifs is 1. The molecule has 0 unspecified atom stereocenters. The van der Waals surface area contributed by atoms with E-state index < -0.39 is 0 Å². The highest BCUT2D eigenvalue weighted by atomic mass is 32.1. The Morgan fingerprint density at radius 3 is 2.62 bits per heavy atom. The number of aromatic nitrogens is 1. The van der Waals surface area contributed by atoms with Gasteiger partial charge in [0.25, 0.3) is 0 Å². The van der Waals surface area contributed by atoms with Crippen molar-refractivity contribution in [1.82, 2.24) is 4.98 Å². The number of para-hydroxylation sites is 2. The van der Waals surface area contributed by atoms with E-state index in [1.54, 1.807) is 0 Å². The molecular weight excluding hydrogens is 318 g/mol. The van der Waals surface area contributed by atoms with Gasteiger partial charge in [0.1, 0.15) is 0 Å². The number of allylic oxidation sites excluding steroid dienone is 1. The van der Waals surface area contributed by atoms with E-state index >= 15 is 0 Å². The summed E-state index contributed by atoms with van der Waals surface area (Å²) in [7, 11) is 1.94. The normalized spacial score (nSPS) is 14.1. The summed E-state index contributed by atoms with van der Waals surface area (Å²) in [5.41, 5.74) is 4.04. The lowest BCUT2D eigenvalue weighted by molar-refractivity contribution is 0.456. The van der Waals surface area contributed by atoms with Crippen LogP contribution in [0.5, 0.6) is 5.88 Å². The summed E-state index contributed by atoms with van der Waals surface area (Å²) in [5.74, 6) is 0.0445. The van der Waals surface area contributed by atoms with Gasteiger partial charge in [-0.1, -0.05) is 47.7 Å². The van der Waals surface area contributed by atoms with Gasteiger partial charge < -0.3 is 10.0 Å². The van der Waals surface area contributed by atoms with Crippen molar-refractivity contribution in [3.05, 3.63) is 65.0 Å². The highest BCUT2D eigenvalue weighted by Crippen LogP contribution is 2.38. The number of hydrogen-bond acceptors (Lipinski definition) is 5. The van der Waals surface area contributed by atoms with Crippen LogP contribution in [-0.4, -0.2) is 23.4 Å². The second-order valence-corrected chi connectivity index (χ2v) is 6.46. The van der Waals surface area contributed by atoms with E-state index in [4.69, 9.17) is 0 Å². The Balaban J connectivity index is 1.68. The van der Waals surface area contributed by atoms with Gasteiger partial charge in [-0.2, -0.15) is 4.98 Å². The van der Waals surface area contributed by atoms with Crippen LogP contribution in [0.4, 0.5) is 16.5 Å². The number of aromatic hydroxyl groups is 1. The molecule has 0 bridgehead atoms. The molecule has 0 amide bonds. The minimum atomic E-state index is 0.0445. The number of hydrogen-bond donors (Lipinski definition) is 1. The van der Waals surface area contributed by atoms with Crippen molar-refractivity contribution in [3.8, 4) is 5.88 Å². The molecule has 1 aromatic heterocycles. The van der Waals surface area contributed by atoms with Gasteiger partial charge >= 0.3 is 0 Å². The molecule has 0 atom stereocenters. The maximum atomic E-state index is 10.2. The van der Waals surface area contributed by atoms with Crippen LogP contribution in [0, 0.1) is 0 Å². The van der Waals surface area contributed by atoms with Crippen LogP contribution in [0.15, 0.2) is 59.6 Å². The quantitative estimate of drug-likeness (QED) is 0.743. The first-order valence-electron chi connectivity index (χ1n) is 7.56. The van der Waals surface area contributed by atoms with Crippen molar-refractivity contribution >= 4 is 45.7 Å². The topological polar surface area (TPSA) is 48.7 Å². The van der Waals surface area contributed by atoms with Crippen molar-refractivity contribution in [2.75, 3.05) is 11.9 Å². The number of nitrogens with zero attached hydrogens (tertiary/aromatic N) is 3. The lowest BCUT2D eigenvalue weighted by Gasteiger charge is -2.14. The average Bonchev–Trinajstić information content (AvgIpc) is 3.20. The van der Waals surface area contributed by atoms with Gasteiger partial charge in [-0.3, -0.25) is 4.99 Å². The molecule has 3 aromatic rings. The van der Waals surface area contributed by atoms with E-state index in [0.29, 0.717) is 0 Å². The van der Waals surface area contributed by atoms with E-state index in [1.807, 2.05) is 78.8 Å². The third-order valence-electron chi connectivity index (χ3n) is 3.90. The summed E-state index contributed by atoms with van der Waals surface area (Å²) in [6.07, 6.45) is 3.76. The number of thiazole rings is 1. The van der Waals surface area contributed by atoms with Gasteiger partial charge in [0.15, 0.2) is 5.13 Å². The van der Waals surface area contributed by atoms with E-state index in [9.17, 15) is 5.11 Å². The Bertz CT molecular complexity index is 944. The Hall–Kier alpha value is -2.92. The van der Waals surface area contributed by atoms with Crippen LogP contribution in [0.25, 0.3) is 11.6 Å². The molecule has 5 heteroatoms. The first-order chi connectivity index (χ1) is 11.7. The zero-order valence-electron chi connectivity index (χ0n) is 13.0. The molecule has 2 heterocycles. The standard InChI is InChI=1S/C19H15N3OS/c1-22(14-7-3-2-4-8-14)19-21-18(23)17(24-19)11-13-12-20-16-10-6-5-9-15(13)16/h2-12,23H,1H3. The predicted octanol–water partition coefficient (Wildman–Crippen LogP) is 4.87. The van der Waals surface area contributed by atoms with Gasteiger partial charge in [-0.25, -0.2) is 0 Å². The molecule has 0 radical (unpaired) electrons. The number of rotatable bonds is 3.